The molecule has 36 heavy (non-hydrogen) atoms. The Balaban J connectivity index is 1.37. The van der Waals surface area contributed by atoms with Crippen LogP contribution in [0.3, 0.4) is 0 Å². The van der Waals surface area contributed by atoms with E-state index in [9.17, 15) is 9.59 Å². The summed E-state index contributed by atoms with van der Waals surface area (Å²) in [4.78, 5) is 34.5. The van der Waals surface area contributed by atoms with Crippen molar-refractivity contribution >= 4 is 40.4 Å². The van der Waals surface area contributed by atoms with Crippen LogP contribution in [-0.4, -0.2) is 42.5 Å². The topological polar surface area (TPSA) is 113 Å². The summed E-state index contributed by atoms with van der Waals surface area (Å²) in [5.41, 5.74) is 3.81. The molecule has 4 aromatic heterocycles. The number of nitrogens with zero attached hydrogens (tertiary/aromatic N) is 4. The maximum absolute atomic E-state index is 13.4. The van der Waals surface area contributed by atoms with E-state index in [1.165, 1.54) is 11.3 Å². The Labute approximate surface area is 218 Å². The highest BCUT2D eigenvalue weighted by atomic mass is 35.5. The van der Waals surface area contributed by atoms with Crippen molar-refractivity contribution < 1.29 is 4.79 Å². The second kappa shape index (κ2) is 8.81. The van der Waals surface area contributed by atoms with E-state index in [-0.39, 0.29) is 17.5 Å². The number of thiophene rings is 1. The molecule has 1 amide bonds. The fourth-order valence-corrected chi connectivity index (χ4v) is 6.01. The molecular weight excluding hydrogens is 521 g/mol. The molecule has 1 aliphatic heterocycles. The molecule has 1 aromatic carbocycles. The van der Waals surface area contributed by atoms with Gasteiger partial charge in [-0.3, -0.25) is 9.59 Å². The number of carbonyl (C=O) groups is 1. The summed E-state index contributed by atoms with van der Waals surface area (Å²) in [6.07, 6.45) is 3.08. The van der Waals surface area contributed by atoms with Gasteiger partial charge in [-0.1, -0.05) is 23.2 Å². The van der Waals surface area contributed by atoms with E-state index in [0.29, 0.717) is 39.4 Å². The number of amides is 1. The first-order chi connectivity index (χ1) is 17.4. The van der Waals surface area contributed by atoms with Gasteiger partial charge in [0.25, 0.3) is 11.5 Å². The molecule has 3 N–H and O–H groups in total. The smallest absolute Gasteiger partial charge is 0.261 e. The highest BCUT2D eigenvalue weighted by molar-refractivity contribution is 7.17. The minimum atomic E-state index is -0.269. The number of pyridine rings is 1. The van der Waals surface area contributed by atoms with Crippen molar-refractivity contribution in [3.63, 3.8) is 0 Å². The largest absolute Gasteiger partial charge is 0.354 e. The van der Waals surface area contributed by atoms with Gasteiger partial charge in [0.1, 0.15) is 23.0 Å². The highest BCUT2D eigenvalue weighted by Crippen LogP contribution is 2.37. The standard InChI is InChI=1S/C24H19Cl2N7O2S/c1-27-24(35)19-7-6-18(36-19)21-22(26)30-23(29-21)17-5-3-14-8-12(9-20(34)33(14)17)15-10-13(25)2-4-16(15)32-11-28-31-32/h2,4,6-11,17,31H,3,5H2,1H3,(H,27,35)(H,29,30)/t17-/m0/s1. The fraction of sp³-hybridized carbons (Fsp3) is 0.167. The van der Waals surface area contributed by atoms with E-state index in [2.05, 4.69) is 20.6 Å². The molecule has 9 nitrogen and oxygen atoms in total. The lowest BCUT2D eigenvalue weighted by atomic mass is 10.0. The van der Waals surface area contributed by atoms with Gasteiger partial charge in [0.05, 0.1) is 21.5 Å². The van der Waals surface area contributed by atoms with Crippen molar-refractivity contribution in [3.8, 4) is 27.4 Å². The second-order valence-corrected chi connectivity index (χ2v) is 10.3. The zero-order valence-corrected chi connectivity index (χ0v) is 21.2. The van der Waals surface area contributed by atoms with Gasteiger partial charge in [-0.05, 0) is 54.8 Å². The van der Waals surface area contributed by atoms with Gasteiger partial charge in [0.2, 0.25) is 0 Å². The van der Waals surface area contributed by atoms with E-state index in [1.54, 1.807) is 40.8 Å². The maximum atomic E-state index is 13.4. The van der Waals surface area contributed by atoms with Gasteiger partial charge in [0, 0.05) is 29.4 Å². The van der Waals surface area contributed by atoms with E-state index in [4.69, 9.17) is 28.2 Å². The van der Waals surface area contributed by atoms with Crippen LogP contribution < -0.4 is 10.9 Å². The first-order valence-electron chi connectivity index (χ1n) is 11.1. The van der Waals surface area contributed by atoms with Gasteiger partial charge in [0.15, 0.2) is 0 Å². The molecule has 5 heterocycles. The molecule has 182 valence electrons. The summed E-state index contributed by atoms with van der Waals surface area (Å²) in [7, 11) is 1.59. The average molecular weight is 540 g/mol. The molecule has 0 spiro atoms. The fourth-order valence-electron chi connectivity index (χ4n) is 4.59. The van der Waals surface area contributed by atoms with Gasteiger partial charge in [-0.2, -0.15) is 0 Å². The zero-order chi connectivity index (χ0) is 25.0. The predicted molar refractivity (Wildman–Crippen MR) is 139 cm³/mol. The Bertz CT molecular complexity index is 1670. The lowest BCUT2D eigenvalue weighted by Gasteiger charge is -2.16. The molecule has 0 bridgehead atoms. The number of aromatic amines is 2. The van der Waals surface area contributed by atoms with Crippen molar-refractivity contribution in [2.24, 2.45) is 0 Å². The molecule has 0 fully saturated rings. The normalized spacial score (nSPS) is 14.8. The third-order valence-electron chi connectivity index (χ3n) is 6.29. The molecule has 0 saturated heterocycles. The van der Waals surface area contributed by atoms with Crippen molar-refractivity contribution in [2.45, 2.75) is 18.9 Å². The summed E-state index contributed by atoms with van der Waals surface area (Å²) >= 11 is 14.1. The van der Waals surface area contributed by atoms with Gasteiger partial charge < -0.3 is 14.9 Å². The predicted octanol–water partition coefficient (Wildman–Crippen LogP) is 4.68. The van der Waals surface area contributed by atoms with Gasteiger partial charge >= 0.3 is 0 Å². The Kier molecular flexibility index (Phi) is 5.59. The van der Waals surface area contributed by atoms with E-state index >= 15 is 0 Å². The number of fused-ring (bicyclic) bond motifs is 1. The Morgan fingerprint density at radius 2 is 2.03 bits per heavy atom. The van der Waals surface area contributed by atoms with Crippen LogP contribution in [0.2, 0.25) is 10.2 Å². The van der Waals surface area contributed by atoms with E-state index in [0.717, 1.165) is 27.4 Å². The average Bonchev–Trinajstić information content (AvgIpc) is 3.56. The number of nitrogens with one attached hydrogen (secondary N) is 3. The monoisotopic (exact) mass is 539 g/mol. The summed E-state index contributed by atoms with van der Waals surface area (Å²) in [5, 5.41) is 10.3. The summed E-state index contributed by atoms with van der Waals surface area (Å²) in [6.45, 7) is 0. The summed E-state index contributed by atoms with van der Waals surface area (Å²) in [6, 6.07) is 12.5. The third-order valence-corrected chi connectivity index (χ3v) is 7.88. The van der Waals surface area contributed by atoms with Crippen LogP contribution in [-0.2, 0) is 6.42 Å². The van der Waals surface area contributed by atoms with Crippen LogP contribution in [0.1, 0.15) is 33.7 Å². The van der Waals surface area contributed by atoms with Gasteiger partial charge in [-0.25, -0.2) is 14.9 Å². The van der Waals surface area contributed by atoms with E-state index in [1.807, 2.05) is 24.3 Å². The number of benzene rings is 1. The maximum Gasteiger partial charge on any atom is 0.261 e. The minimum Gasteiger partial charge on any atom is -0.354 e. The van der Waals surface area contributed by atoms with Crippen molar-refractivity contribution in [1.29, 1.82) is 0 Å². The number of hydrogen-bond acceptors (Lipinski definition) is 5. The number of hydrogen-bond donors (Lipinski definition) is 3. The molecule has 1 atom stereocenters. The second-order valence-electron chi connectivity index (χ2n) is 8.40. The van der Waals surface area contributed by atoms with Crippen LogP contribution in [0.25, 0.3) is 27.4 Å². The molecule has 0 unspecified atom stereocenters. The number of H-pyrrole nitrogens is 2. The van der Waals surface area contributed by atoms with Crippen LogP contribution in [0, 0.1) is 0 Å². The molecule has 5 aromatic rings. The lowest BCUT2D eigenvalue weighted by Crippen LogP contribution is -2.24. The number of aromatic nitrogens is 6. The molecule has 12 heteroatoms. The summed E-state index contributed by atoms with van der Waals surface area (Å²) < 4.78 is 3.53. The summed E-state index contributed by atoms with van der Waals surface area (Å²) in [5.74, 6) is 0.452. The molecule has 1 aliphatic rings. The van der Waals surface area contributed by atoms with Crippen LogP contribution >= 0.6 is 34.5 Å². The van der Waals surface area contributed by atoms with Crippen molar-refractivity contribution in [2.75, 3.05) is 7.05 Å². The Morgan fingerprint density at radius 1 is 1.19 bits per heavy atom. The molecule has 0 saturated carbocycles. The van der Waals surface area contributed by atoms with E-state index < -0.39 is 0 Å². The first kappa shape index (κ1) is 22.8. The molecule has 0 aliphatic carbocycles. The first-order valence-corrected chi connectivity index (χ1v) is 12.7. The van der Waals surface area contributed by atoms with Gasteiger partial charge in [-0.15, -0.1) is 16.4 Å². The highest BCUT2D eigenvalue weighted by Gasteiger charge is 2.29. The van der Waals surface area contributed by atoms with Crippen LogP contribution in [0.5, 0.6) is 0 Å². The molecule has 6 rings (SSSR count). The van der Waals surface area contributed by atoms with Crippen molar-refractivity contribution in [1.82, 2.24) is 34.8 Å². The Morgan fingerprint density at radius 3 is 2.78 bits per heavy atom. The molecular formula is C24H19Cl2N7O2S. The number of rotatable bonds is 5. The lowest BCUT2D eigenvalue weighted by molar-refractivity contribution is 0.0967. The number of carbonyl (C=O) groups excluding carboxylic acids is 1. The SMILES string of the molecule is CNC(=O)c1ccc(-c2nc([C@@H]3CCc4cc(-c5cc(Cl)ccc5-n5cn[nH]5)cc(=O)n43)[nH]c2Cl)s1. The minimum absolute atomic E-state index is 0.131. The van der Waals surface area contributed by atoms with Crippen LogP contribution in [0.4, 0.5) is 0 Å². The number of imidazole rings is 1. The third kappa shape index (κ3) is 3.78. The number of halogens is 2. The van der Waals surface area contributed by atoms with Crippen molar-refractivity contribution in [3.05, 3.63) is 85.7 Å². The quantitative estimate of drug-likeness (QED) is 0.300. The zero-order valence-electron chi connectivity index (χ0n) is 18.9. The Hall–Kier alpha value is -3.60. The molecule has 0 radical (unpaired) electrons. The number of aryl methyl sites for hydroxylation is 1. The van der Waals surface area contributed by atoms with Crippen LogP contribution in [0.15, 0.2) is 53.6 Å².